The van der Waals surface area contributed by atoms with Gasteiger partial charge in [-0.15, -0.1) is 0 Å². The summed E-state index contributed by atoms with van der Waals surface area (Å²) in [6.07, 6.45) is 4.54. The Labute approximate surface area is 158 Å². The fourth-order valence-corrected chi connectivity index (χ4v) is 2.64. The van der Waals surface area contributed by atoms with Crippen LogP contribution in [0.4, 0.5) is 11.8 Å². The molecule has 0 saturated carbocycles. The Hall–Kier alpha value is -2.66. The number of aromatic nitrogens is 3. The monoisotopic (exact) mass is 367 g/mol. The number of benzene rings is 1. The van der Waals surface area contributed by atoms with Crippen molar-refractivity contribution in [2.45, 2.75) is 32.9 Å². The van der Waals surface area contributed by atoms with Gasteiger partial charge in [0.25, 0.3) is 0 Å². The van der Waals surface area contributed by atoms with Crippen LogP contribution < -0.4 is 10.6 Å². The zero-order valence-corrected chi connectivity index (χ0v) is 15.7. The molecule has 0 aliphatic heterocycles. The predicted molar refractivity (Wildman–Crippen MR) is 107 cm³/mol. The fourth-order valence-electron chi connectivity index (χ4n) is 2.43. The van der Waals surface area contributed by atoms with E-state index in [-0.39, 0.29) is 0 Å². The summed E-state index contributed by atoms with van der Waals surface area (Å²) >= 11 is 6.06. The van der Waals surface area contributed by atoms with Gasteiger partial charge >= 0.3 is 0 Å². The highest BCUT2D eigenvalue weighted by molar-refractivity contribution is 6.30. The molecular formula is C20H22ClN5. The minimum Gasteiger partial charge on any atom is -0.366 e. The van der Waals surface area contributed by atoms with E-state index in [0.29, 0.717) is 18.5 Å². The van der Waals surface area contributed by atoms with E-state index in [9.17, 15) is 0 Å². The van der Waals surface area contributed by atoms with E-state index in [1.54, 1.807) is 12.4 Å². The van der Waals surface area contributed by atoms with Crippen molar-refractivity contribution in [3.8, 4) is 11.3 Å². The van der Waals surface area contributed by atoms with Crippen LogP contribution in [-0.4, -0.2) is 21.0 Å². The SMILES string of the molecule is CC[C@H](C)Nc1nc(NCc2cccc(Cl)c2)cc(-c2cccnc2)n1. The van der Waals surface area contributed by atoms with Gasteiger partial charge in [-0.3, -0.25) is 4.98 Å². The molecule has 2 aromatic heterocycles. The summed E-state index contributed by atoms with van der Waals surface area (Å²) in [5.41, 5.74) is 2.87. The van der Waals surface area contributed by atoms with Crippen LogP contribution in [0.3, 0.4) is 0 Å². The number of nitrogens with zero attached hydrogens (tertiary/aromatic N) is 3. The van der Waals surface area contributed by atoms with Gasteiger partial charge in [0, 0.05) is 41.6 Å². The number of hydrogen-bond donors (Lipinski definition) is 2. The topological polar surface area (TPSA) is 62.7 Å². The van der Waals surface area contributed by atoms with Gasteiger partial charge in [0.1, 0.15) is 5.82 Å². The molecule has 0 saturated heterocycles. The number of anilines is 2. The third-order valence-electron chi connectivity index (χ3n) is 4.03. The summed E-state index contributed by atoms with van der Waals surface area (Å²) in [6.45, 7) is 4.87. The van der Waals surface area contributed by atoms with Crippen molar-refractivity contribution < 1.29 is 0 Å². The highest BCUT2D eigenvalue weighted by Crippen LogP contribution is 2.22. The lowest BCUT2D eigenvalue weighted by Gasteiger charge is -2.14. The first-order valence-corrected chi connectivity index (χ1v) is 9.06. The second-order valence-corrected chi connectivity index (χ2v) is 6.58. The van der Waals surface area contributed by atoms with E-state index in [2.05, 4.69) is 39.4 Å². The van der Waals surface area contributed by atoms with Gasteiger partial charge in [-0.05, 0) is 43.2 Å². The first-order chi connectivity index (χ1) is 12.6. The van der Waals surface area contributed by atoms with E-state index in [4.69, 9.17) is 11.6 Å². The maximum atomic E-state index is 6.06. The Morgan fingerprint density at radius 1 is 1.12 bits per heavy atom. The number of rotatable bonds is 7. The molecule has 0 aliphatic rings. The van der Waals surface area contributed by atoms with E-state index in [1.807, 2.05) is 42.5 Å². The summed E-state index contributed by atoms with van der Waals surface area (Å²) in [5.74, 6) is 1.36. The summed E-state index contributed by atoms with van der Waals surface area (Å²) in [7, 11) is 0. The molecule has 5 nitrogen and oxygen atoms in total. The second kappa shape index (κ2) is 8.63. The summed E-state index contributed by atoms with van der Waals surface area (Å²) in [4.78, 5) is 13.4. The Morgan fingerprint density at radius 3 is 2.73 bits per heavy atom. The third kappa shape index (κ3) is 4.92. The Morgan fingerprint density at radius 2 is 2.00 bits per heavy atom. The molecular weight excluding hydrogens is 346 g/mol. The van der Waals surface area contributed by atoms with E-state index in [1.165, 1.54) is 0 Å². The van der Waals surface area contributed by atoms with Crippen LogP contribution in [0.2, 0.25) is 5.02 Å². The molecule has 26 heavy (non-hydrogen) atoms. The Balaban J connectivity index is 1.86. The highest BCUT2D eigenvalue weighted by atomic mass is 35.5. The van der Waals surface area contributed by atoms with Crippen LogP contribution in [-0.2, 0) is 6.54 Å². The van der Waals surface area contributed by atoms with Crippen LogP contribution in [0.25, 0.3) is 11.3 Å². The molecule has 0 spiro atoms. The third-order valence-corrected chi connectivity index (χ3v) is 4.27. The number of hydrogen-bond acceptors (Lipinski definition) is 5. The molecule has 1 aromatic carbocycles. The van der Waals surface area contributed by atoms with Crippen LogP contribution >= 0.6 is 11.6 Å². The first-order valence-electron chi connectivity index (χ1n) is 8.68. The van der Waals surface area contributed by atoms with Crippen LogP contribution in [0.5, 0.6) is 0 Å². The quantitative estimate of drug-likeness (QED) is 0.614. The van der Waals surface area contributed by atoms with Gasteiger partial charge in [0.05, 0.1) is 5.69 Å². The standard InChI is InChI=1S/C20H22ClN5/c1-3-14(2)24-20-25-18(16-7-5-9-22-13-16)11-19(26-20)23-12-15-6-4-8-17(21)10-15/h4-11,13-14H,3,12H2,1-2H3,(H2,23,24,25,26)/t14-/m0/s1. The molecule has 0 bridgehead atoms. The summed E-state index contributed by atoms with van der Waals surface area (Å²) < 4.78 is 0. The van der Waals surface area contributed by atoms with Crippen molar-refractivity contribution >= 4 is 23.4 Å². The minimum absolute atomic E-state index is 0.292. The summed E-state index contributed by atoms with van der Waals surface area (Å²) in [6, 6.07) is 13.9. The maximum absolute atomic E-state index is 6.06. The minimum atomic E-state index is 0.292. The first kappa shape index (κ1) is 18.1. The van der Waals surface area contributed by atoms with Gasteiger partial charge < -0.3 is 10.6 Å². The van der Waals surface area contributed by atoms with Gasteiger partial charge in [-0.2, -0.15) is 4.98 Å². The molecule has 0 unspecified atom stereocenters. The van der Waals surface area contributed by atoms with E-state index >= 15 is 0 Å². The lowest BCUT2D eigenvalue weighted by atomic mass is 10.2. The smallest absolute Gasteiger partial charge is 0.225 e. The summed E-state index contributed by atoms with van der Waals surface area (Å²) in [5, 5.41) is 7.43. The van der Waals surface area contributed by atoms with Crippen molar-refractivity contribution in [2.75, 3.05) is 10.6 Å². The molecule has 3 aromatic rings. The average Bonchev–Trinajstić information content (AvgIpc) is 2.67. The molecule has 0 radical (unpaired) electrons. The molecule has 2 heterocycles. The molecule has 2 N–H and O–H groups in total. The molecule has 0 aliphatic carbocycles. The van der Waals surface area contributed by atoms with Gasteiger partial charge in [-0.25, -0.2) is 4.98 Å². The van der Waals surface area contributed by atoms with Crippen molar-refractivity contribution in [1.29, 1.82) is 0 Å². The van der Waals surface area contributed by atoms with E-state index < -0.39 is 0 Å². The Kier molecular flexibility index (Phi) is 6.02. The van der Waals surface area contributed by atoms with Crippen molar-refractivity contribution in [3.05, 3.63) is 65.4 Å². The zero-order chi connectivity index (χ0) is 18.4. The lowest BCUT2D eigenvalue weighted by Crippen LogP contribution is -2.16. The molecule has 134 valence electrons. The molecule has 0 amide bonds. The van der Waals surface area contributed by atoms with E-state index in [0.717, 1.165) is 34.1 Å². The lowest BCUT2D eigenvalue weighted by molar-refractivity contribution is 0.753. The molecule has 0 fully saturated rings. The van der Waals surface area contributed by atoms with Crippen molar-refractivity contribution in [3.63, 3.8) is 0 Å². The maximum Gasteiger partial charge on any atom is 0.225 e. The van der Waals surface area contributed by atoms with Gasteiger partial charge in [0.15, 0.2) is 0 Å². The van der Waals surface area contributed by atoms with Crippen LogP contribution in [0, 0.1) is 0 Å². The number of nitrogens with one attached hydrogen (secondary N) is 2. The van der Waals surface area contributed by atoms with Crippen molar-refractivity contribution in [2.24, 2.45) is 0 Å². The van der Waals surface area contributed by atoms with Crippen LogP contribution in [0.1, 0.15) is 25.8 Å². The highest BCUT2D eigenvalue weighted by Gasteiger charge is 2.09. The molecule has 3 rings (SSSR count). The average molecular weight is 368 g/mol. The van der Waals surface area contributed by atoms with Gasteiger partial charge in [0.2, 0.25) is 5.95 Å². The molecule has 6 heteroatoms. The molecule has 1 atom stereocenters. The zero-order valence-electron chi connectivity index (χ0n) is 14.9. The number of pyridine rings is 1. The second-order valence-electron chi connectivity index (χ2n) is 6.14. The fraction of sp³-hybridized carbons (Fsp3) is 0.250. The number of halogens is 1. The van der Waals surface area contributed by atoms with Gasteiger partial charge in [-0.1, -0.05) is 30.7 Å². The largest absolute Gasteiger partial charge is 0.366 e. The normalized spacial score (nSPS) is 11.8. The Bertz CT molecular complexity index is 854. The van der Waals surface area contributed by atoms with Crippen LogP contribution in [0.15, 0.2) is 54.9 Å². The van der Waals surface area contributed by atoms with Crippen molar-refractivity contribution in [1.82, 2.24) is 15.0 Å². The predicted octanol–water partition coefficient (Wildman–Crippen LogP) is 5.01.